The van der Waals surface area contributed by atoms with Crippen LogP contribution in [0.5, 0.6) is 0 Å². The summed E-state index contributed by atoms with van der Waals surface area (Å²) in [5, 5.41) is 1.25. The van der Waals surface area contributed by atoms with Gasteiger partial charge in [-0.05, 0) is 102 Å². The Bertz CT molecular complexity index is 871. The molecule has 0 radical (unpaired) electrons. The molecule has 1 saturated heterocycles. The van der Waals surface area contributed by atoms with Gasteiger partial charge in [-0.25, -0.2) is 4.79 Å². The lowest BCUT2D eigenvalue weighted by molar-refractivity contribution is 0.0544. The van der Waals surface area contributed by atoms with Crippen molar-refractivity contribution in [3.05, 3.63) is 35.0 Å². The number of hydrogen-bond acceptors (Lipinski definition) is 3. The lowest BCUT2D eigenvalue weighted by Gasteiger charge is -2.21. The summed E-state index contributed by atoms with van der Waals surface area (Å²) in [5.41, 5.74) is 4.70. The van der Waals surface area contributed by atoms with Crippen molar-refractivity contribution in [3.8, 4) is 0 Å². The summed E-state index contributed by atoms with van der Waals surface area (Å²) in [6.07, 6.45) is 6.59. The fourth-order valence-corrected chi connectivity index (χ4v) is 4.55. The summed E-state index contributed by atoms with van der Waals surface area (Å²) < 4.78 is 7.35. The van der Waals surface area contributed by atoms with Crippen LogP contribution in [-0.2, 0) is 11.2 Å². The summed E-state index contributed by atoms with van der Waals surface area (Å²) >= 11 is 0. The summed E-state index contributed by atoms with van der Waals surface area (Å²) in [5.74, 6) is 1.43. The minimum atomic E-state index is -0.493. The number of ether oxygens (including phenoxy) is 1. The third-order valence-electron chi connectivity index (χ3n) is 5.89. The summed E-state index contributed by atoms with van der Waals surface area (Å²) in [6.45, 7) is 10.2. The monoisotopic (exact) mass is 368 g/mol. The molecule has 2 heterocycles. The molecule has 0 amide bonds. The average Bonchev–Trinajstić information content (AvgIpc) is 3.16. The lowest BCUT2D eigenvalue weighted by atomic mass is 9.89. The van der Waals surface area contributed by atoms with E-state index in [9.17, 15) is 4.79 Å². The summed E-state index contributed by atoms with van der Waals surface area (Å²) in [6, 6.07) is 4.47. The van der Waals surface area contributed by atoms with E-state index in [2.05, 4.69) is 31.0 Å². The van der Waals surface area contributed by atoms with Gasteiger partial charge in [-0.1, -0.05) is 6.07 Å². The van der Waals surface area contributed by atoms with E-state index in [1.165, 1.54) is 54.4 Å². The second kappa shape index (κ2) is 6.66. The molecule has 1 aromatic heterocycles. The largest absolute Gasteiger partial charge is 0.443 e. The van der Waals surface area contributed by atoms with Crippen molar-refractivity contribution in [2.45, 2.75) is 64.9 Å². The molecular formula is C23H32N2O2. The number of benzene rings is 1. The zero-order chi connectivity index (χ0) is 19.3. The van der Waals surface area contributed by atoms with Crippen molar-refractivity contribution in [2.75, 3.05) is 20.1 Å². The van der Waals surface area contributed by atoms with E-state index in [1.54, 1.807) is 4.57 Å². The Morgan fingerprint density at radius 3 is 2.59 bits per heavy atom. The molecule has 2 fully saturated rings. The van der Waals surface area contributed by atoms with Crippen LogP contribution in [0, 0.1) is 12.8 Å². The van der Waals surface area contributed by atoms with Crippen LogP contribution >= 0.6 is 0 Å². The van der Waals surface area contributed by atoms with E-state index in [0.717, 1.165) is 11.9 Å². The highest BCUT2D eigenvalue weighted by Crippen LogP contribution is 2.45. The maximum atomic E-state index is 12.8. The fraction of sp³-hybridized carbons (Fsp3) is 0.609. The van der Waals surface area contributed by atoms with Gasteiger partial charge >= 0.3 is 6.09 Å². The maximum Gasteiger partial charge on any atom is 0.418 e. The van der Waals surface area contributed by atoms with Crippen LogP contribution in [0.15, 0.2) is 18.3 Å². The van der Waals surface area contributed by atoms with Gasteiger partial charge in [0.25, 0.3) is 0 Å². The van der Waals surface area contributed by atoms with Crippen molar-refractivity contribution >= 4 is 17.0 Å². The number of nitrogens with zero attached hydrogens (tertiary/aromatic N) is 2. The number of aromatic nitrogens is 1. The summed E-state index contributed by atoms with van der Waals surface area (Å²) in [7, 11) is 2.21. The molecule has 0 N–H and O–H groups in total. The summed E-state index contributed by atoms with van der Waals surface area (Å²) in [4.78, 5) is 15.2. The van der Waals surface area contributed by atoms with Gasteiger partial charge in [-0.3, -0.25) is 4.57 Å². The highest BCUT2D eigenvalue weighted by molar-refractivity contribution is 5.94. The van der Waals surface area contributed by atoms with Gasteiger partial charge in [0.2, 0.25) is 0 Å². The number of rotatable bonds is 3. The molecule has 1 aliphatic heterocycles. The number of hydrogen-bond donors (Lipinski definition) is 0. The third kappa shape index (κ3) is 3.77. The fourth-order valence-electron chi connectivity index (χ4n) is 4.55. The molecule has 146 valence electrons. The van der Waals surface area contributed by atoms with E-state index in [-0.39, 0.29) is 6.09 Å². The predicted molar refractivity (Wildman–Crippen MR) is 110 cm³/mol. The molecule has 1 aromatic carbocycles. The molecule has 4 rings (SSSR count). The highest BCUT2D eigenvalue weighted by atomic mass is 16.6. The topological polar surface area (TPSA) is 34.5 Å². The van der Waals surface area contributed by atoms with E-state index < -0.39 is 5.60 Å². The van der Waals surface area contributed by atoms with Crippen LogP contribution in [-0.4, -0.2) is 41.3 Å². The minimum absolute atomic E-state index is 0.286. The molecule has 2 aromatic rings. The molecule has 4 nitrogen and oxygen atoms in total. The van der Waals surface area contributed by atoms with Gasteiger partial charge in [0.15, 0.2) is 0 Å². The van der Waals surface area contributed by atoms with Crippen LogP contribution in [0.3, 0.4) is 0 Å². The van der Waals surface area contributed by atoms with Crippen LogP contribution < -0.4 is 0 Å². The van der Waals surface area contributed by atoms with E-state index in [4.69, 9.17) is 4.74 Å². The Hall–Kier alpha value is -1.81. The van der Waals surface area contributed by atoms with Crippen molar-refractivity contribution < 1.29 is 9.53 Å². The van der Waals surface area contributed by atoms with Crippen LogP contribution in [0.4, 0.5) is 4.79 Å². The first-order valence-corrected chi connectivity index (χ1v) is 10.3. The first-order chi connectivity index (χ1) is 12.7. The minimum Gasteiger partial charge on any atom is -0.443 e. The molecular weight excluding hydrogens is 336 g/mol. The van der Waals surface area contributed by atoms with Gasteiger partial charge in [0.1, 0.15) is 5.60 Å². The Labute approximate surface area is 162 Å². The number of aryl methyl sites for hydroxylation is 1. The zero-order valence-corrected chi connectivity index (χ0v) is 17.3. The molecule has 0 spiro atoms. The molecule has 0 unspecified atom stereocenters. The first-order valence-electron chi connectivity index (χ1n) is 10.3. The zero-order valence-electron chi connectivity index (χ0n) is 17.3. The number of carbonyl (C=O) groups is 1. The second-order valence-corrected chi connectivity index (χ2v) is 9.58. The first kappa shape index (κ1) is 18.5. The quantitative estimate of drug-likeness (QED) is 0.755. The molecule has 27 heavy (non-hydrogen) atoms. The highest BCUT2D eigenvalue weighted by Gasteiger charge is 2.31. The maximum absolute atomic E-state index is 12.8. The normalized spacial score (nSPS) is 21.1. The average molecular weight is 369 g/mol. The van der Waals surface area contributed by atoms with Crippen molar-refractivity contribution in [1.29, 1.82) is 0 Å². The number of fused-ring (bicyclic) bond motifs is 1. The Morgan fingerprint density at radius 2 is 2.00 bits per heavy atom. The molecule has 4 heteroatoms. The Kier molecular flexibility index (Phi) is 4.58. The molecule has 1 aliphatic carbocycles. The van der Waals surface area contributed by atoms with Crippen molar-refractivity contribution in [2.24, 2.45) is 5.92 Å². The van der Waals surface area contributed by atoms with Crippen molar-refractivity contribution in [3.63, 3.8) is 0 Å². The second-order valence-electron chi connectivity index (χ2n) is 9.58. The number of likely N-dealkylation sites (tertiary alicyclic amines) is 1. The Morgan fingerprint density at radius 1 is 1.26 bits per heavy atom. The van der Waals surface area contributed by atoms with E-state index in [1.807, 2.05) is 27.0 Å². The number of carbonyl (C=O) groups excluding carboxylic acids is 1. The van der Waals surface area contributed by atoms with Crippen LogP contribution in [0.2, 0.25) is 0 Å². The molecule has 0 bridgehead atoms. The van der Waals surface area contributed by atoms with Gasteiger partial charge < -0.3 is 9.64 Å². The van der Waals surface area contributed by atoms with Crippen LogP contribution in [0.1, 0.15) is 62.6 Å². The Balaban J connectivity index is 1.77. The standard InChI is InChI=1S/C23H32N2O2/c1-15-12-19(17-6-7-17)20(13-16-8-10-24(5)14-16)18-9-11-25(21(15)18)22(26)27-23(2,3)4/h9,11-12,16-17H,6-8,10,13-14H2,1-5H3/t16-/m1/s1. The molecule has 1 atom stereocenters. The third-order valence-corrected chi connectivity index (χ3v) is 5.89. The molecule has 1 saturated carbocycles. The SMILES string of the molecule is Cc1cc(C2CC2)c(C[C@H]2CCN(C)C2)c2ccn(C(=O)OC(C)(C)C)c12. The smallest absolute Gasteiger partial charge is 0.418 e. The van der Waals surface area contributed by atoms with Gasteiger partial charge in [0.05, 0.1) is 5.52 Å². The van der Waals surface area contributed by atoms with Gasteiger partial charge in [0, 0.05) is 18.1 Å². The van der Waals surface area contributed by atoms with Crippen LogP contribution in [0.25, 0.3) is 10.9 Å². The van der Waals surface area contributed by atoms with Crippen molar-refractivity contribution in [1.82, 2.24) is 9.47 Å². The molecule has 2 aliphatic rings. The van der Waals surface area contributed by atoms with Gasteiger partial charge in [-0.15, -0.1) is 0 Å². The van der Waals surface area contributed by atoms with E-state index >= 15 is 0 Å². The predicted octanol–water partition coefficient (Wildman–Crippen LogP) is 5.10. The van der Waals surface area contributed by atoms with Gasteiger partial charge in [-0.2, -0.15) is 0 Å². The van der Waals surface area contributed by atoms with E-state index in [0.29, 0.717) is 11.8 Å². The lowest BCUT2D eigenvalue weighted by Crippen LogP contribution is -2.26.